The van der Waals surface area contributed by atoms with Gasteiger partial charge < -0.3 is 10.6 Å². The summed E-state index contributed by atoms with van der Waals surface area (Å²) >= 11 is 0.934. The van der Waals surface area contributed by atoms with Crippen LogP contribution < -0.4 is 10.6 Å². The van der Waals surface area contributed by atoms with Gasteiger partial charge in [0.1, 0.15) is 12.2 Å². The Morgan fingerprint density at radius 1 is 1.23 bits per heavy atom. The first-order valence-electron chi connectivity index (χ1n) is 9.00. The van der Waals surface area contributed by atoms with E-state index in [1.54, 1.807) is 0 Å². The maximum Gasteiger partial charge on any atom is 0.420 e. The van der Waals surface area contributed by atoms with E-state index in [0.29, 0.717) is 32.1 Å². The molecule has 0 radical (unpaired) electrons. The predicted octanol–water partition coefficient (Wildman–Crippen LogP) is 2.84. The van der Waals surface area contributed by atoms with Crippen LogP contribution in [0.25, 0.3) is 10.6 Å². The lowest BCUT2D eigenvalue weighted by molar-refractivity contribution is -0.137. The summed E-state index contributed by atoms with van der Waals surface area (Å²) in [6.07, 6.45) is -0.611. The van der Waals surface area contributed by atoms with Crippen molar-refractivity contribution in [1.82, 2.24) is 19.3 Å². The third-order valence-corrected chi connectivity index (χ3v) is 6.73. The number of hydrogen-bond donors (Lipinski definition) is 2. The third-order valence-electron chi connectivity index (χ3n) is 4.46. The van der Waals surface area contributed by atoms with E-state index < -0.39 is 28.4 Å². The number of aromatic nitrogens is 3. The number of piperidine rings is 1. The summed E-state index contributed by atoms with van der Waals surface area (Å²) in [7, 11) is -3.28. The van der Waals surface area contributed by atoms with E-state index in [1.165, 1.54) is 10.5 Å². The Hall–Kier alpha value is -2.06. The molecule has 0 saturated carbocycles. The van der Waals surface area contributed by atoms with Crippen LogP contribution in [-0.2, 0) is 16.2 Å². The first kappa shape index (κ1) is 22.6. The molecule has 0 aromatic carbocycles. The van der Waals surface area contributed by atoms with E-state index in [0.717, 1.165) is 17.6 Å². The Bertz CT molecular complexity index is 974. The van der Waals surface area contributed by atoms with Gasteiger partial charge in [-0.15, -0.1) is 0 Å². The van der Waals surface area contributed by atoms with E-state index in [4.69, 9.17) is 0 Å². The van der Waals surface area contributed by atoms with Gasteiger partial charge in [-0.1, -0.05) is 11.3 Å². The SMILES string of the molecule is CS(=O)(=O)N1CCC(Nc2ncc(C(F)(F)F)c(-c3cnc(NCCF)s3)n2)CC1. The van der Waals surface area contributed by atoms with Crippen LogP contribution >= 0.6 is 11.3 Å². The quantitative estimate of drug-likeness (QED) is 0.603. The fraction of sp³-hybridized carbons (Fsp3) is 0.562. The molecule has 0 atom stereocenters. The molecule has 1 fully saturated rings. The van der Waals surface area contributed by atoms with Gasteiger partial charge in [-0.3, -0.25) is 0 Å². The first-order chi connectivity index (χ1) is 14.1. The molecule has 166 valence electrons. The second kappa shape index (κ2) is 8.98. The molecule has 8 nitrogen and oxygen atoms in total. The van der Waals surface area contributed by atoms with E-state index in [1.807, 2.05) is 0 Å². The second-order valence-electron chi connectivity index (χ2n) is 6.68. The van der Waals surface area contributed by atoms with Crippen LogP contribution in [0.3, 0.4) is 0 Å². The molecule has 30 heavy (non-hydrogen) atoms. The molecule has 0 spiro atoms. The van der Waals surface area contributed by atoms with Gasteiger partial charge in [0.05, 0.1) is 16.8 Å². The highest BCUT2D eigenvalue weighted by atomic mass is 32.2. The van der Waals surface area contributed by atoms with Crippen molar-refractivity contribution in [3.63, 3.8) is 0 Å². The van der Waals surface area contributed by atoms with E-state index in [-0.39, 0.29) is 34.2 Å². The van der Waals surface area contributed by atoms with Crippen molar-refractivity contribution in [2.75, 3.05) is 43.2 Å². The second-order valence-corrected chi connectivity index (χ2v) is 9.69. The Morgan fingerprint density at radius 2 is 1.93 bits per heavy atom. The minimum Gasteiger partial charge on any atom is -0.359 e. The zero-order valence-corrected chi connectivity index (χ0v) is 17.5. The number of alkyl halides is 4. The zero-order chi connectivity index (χ0) is 21.9. The lowest BCUT2D eigenvalue weighted by atomic mass is 10.1. The summed E-state index contributed by atoms with van der Waals surface area (Å²) in [5.74, 6) is 0.0162. The average Bonchev–Trinajstić information content (AvgIpc) is 3.14. The average molecular weight is 469 g/mol. The molecule has 2 aromatic rings. The largest absolute Gasteiger partial charge is 0.420 e. The van der Waals surface area contributed by atoms with Crippen molar-refractivity contribution in [2.45, 2.75) is 25.1 Å². The summed E-state index contributed by atoms with van der Waals surface area (Å²) in [5.41, 5.74) is -1.32. The van der Waals surface area contributed by atoms with Crippen LogP contribution in [-0.4, -0.2) is 66.3 Å². The molecule has 1 aliphatic rings. The number of halogens is 4. The Balaban J connectivity index is 1.81. The highest BCUT2D eigenvalue weighted by Gasteiger charge is 2.36. The highest BCUT2D eigenvalue weighted by molar-refractivity contribution is 7.88. The highest BCUT2D eigenvalue weighted by Crippen LogP contribution is 2.38. The fourth-order valence-corrected chi connectivity index (χ4v) is 4.70. The normalized spacial score (nSPS) is 16.6. The van der Waals surface area contributed by atoms with Crippen molar-refractivity contribution < 1.29 is 26.0 Å². The Morgan fingerprint density at radius 3 is 2.53 bits per heavy atom. The van der Waals surface area contributed by atoms with E-state index >= 15 is 0 Å². The smallest absolute Gasteiger partial charge is 0.359 e. The molecule has 2 aromatic heterocycles. The minimum atomic E-state index is -4.66. The molecule has 3 heterocycles. The number of nitrogens with zero attached hydrogens (tertiary/aromatic N) is 4. The molecular formula is C16H20F4N6O2S2. The summed E-state index contributed by atoms with van der Waals surface area (Å²) in [6, 6.07) is -0.171. The molecule has 0 bridgehead atoms. The number of rotatable bonds is 7. The summed E-state index contributed by atoms with van der Waals surface area (Å²) in [6.45, 7) is -0.0187. The van der Waals surface area contributed by atoms with Gasteiger partial charge in [-0.25, -0.2) is 32.1 Å². The number of nitrogens with one attached hydrogen (secondary N) is 2. The van der Waals surface area contributed by atoms with Crippen LogP contribution in [0, 0.1) is 0 Å². The van der Waals surface area contributed by atoms with Crippen LogP contribution in [0.15, 0.2) is 12.4 Å². The van der Waals surface area contributed by atoms with Gasteiger partial charge in [0, 0.05) is 38.1 Å². The van der Waals surface area contributed by atoms with Gasteiger partial charge in [0.2, 0.25) is 16.0 Å². The van der Waals surface area contributed by atoms with Crippen molar-refractivity contribution in [1.29, 1.82) is 0 Å². The van der Waals surface area contributed by atoms with E-state index in [9.17, 15) is 26.0 Å². The van der Waals surface area contributed by atoms with Crippen LogP contribution in [0.4, 0.5) is 28.6 Å². The molecule has 1 aliphatic heterocycles. The van der Waals surface area contributed by atoms with Crippen LogP contribution in [0.1, 0.15) is 18.4 Å². The number of hydrogen-bond acceptors (Lipinski definition) is 8. The number of anilines is 2. The molecule has 1 saturated heterocycles. The lowest BCUT2D eigenvalue weighted by Crippen LogP contribution is -2.42. The summed E-state index contributed by atoms with van der Waals surface area (Å²) in [5, 5.41) is 5.96. The van der Waals surface area contributed by atoms with Crippen molar-refractivity contribution in [3.05, 3.63) is 18.0 Å². The number of sulfonamides is 1. The predicted molar refractivity (Wildman–Crippen MR) is 106 cm³/mol. The van der Waals surface area contributed by atoms with Crippen molar-refractivity contribution in [2.24, 2.45) is 0 Å². The summed E-state index contributed by atoms with van der Waals surface area (Å²) < 4.78 is 77.2. The molecule has 3 rings (SSSR count). The molecule has 0 amide bonds. The minimum absolute atomic E-state index is 0.00182. The molecule has 14 heteroatoms. The number of thiazole rings is 1. The van der Waals surface area contributed by atoms with Gasteiger partial charge >= 0.3 is 6.18 Å². The molecule has 2 N–H and O–H groups in total. The zero-order valence-electron chi connectivity index (χ0n) is 15.9. The van der Waals surface area contributed by atoms with Crippen molar-refractivity contribution >= 4 is 32.4 Å². The summed E-state index contributed by atoms with van der Waals surface area (Å²) in [4.78, 5) is 12.0. The molecular weight excluding hydrogens is 448 g/mol. The van der Waals surface area contributed by atoms with E-state index in [2.05, 4.69) is 25.6 Å². The Kier molecular flexibility index (Phi) is 6.77. The topological polar surface area (TPSA) is 100 Å². The third kappa shape index (κ3) is 5.55. The van der Waals surface area contributed by atoms with Gasteiger partial charge in [-0.2, -0.15) is 13.2 Å². The van der Waals surface area contributed by atoms with Crippen LogP contribution in [0.5, 0.6) is 0 Å². The van der Waals surface area contributed by atoms with Gasteiger partial charge in [-0.05, 0) is 12.8 Å². The molecule has 0 unspecified atom stereocenters. The fourth-order valence-electron chi connectivity index (χ4n) is 2.98. The Labute approximate surface area is 174 Å². The first-order valence-corrected chi connectivity index (χ1v) is 11.7. The maximum atomic E-state index is 13.4. The molecule has 0 aliphatic carbocycles. The van der Waals surface area contributed by atoms with Gasteiger partial charge in [0.15, 0.2) is 5.13 Å². The monoisotopic (exact) mass is 468 g/mol. The lowest BCUT2D eigenvalue weighted by Gasteiger charge is -2.30. The van der Waals surface area contributed by atoms with Crippen molar-refractivity contribution in [3.8, 4) is 10.6 Å². The standard InChI is InChI=1S/C16H20F4N6O2S2/c1-30(27,28)26-6-2-10(3-7-26)24-14-22-8-11(16(18,19)20)13(25-14)12-9-23-15(29-12)21-5-4-17/h8-10H,2-7H2,1H3,(H,21,23)(H,22,24,25). The maximum absolute atomic E-state index is 13.4. The van der Waals surface area contributed by atoms with Crippen LogP contribution in [0.2, 0.25) is 0 Å². The van der Waals surface area contributed by atoms with Gasteiger partial charge in [0.25, 0.3) is 0 Å².